The van der Waals surface area contributed by atoms with Crippen molar-refractivity contribution in [3.05, 3.63) is 53.7 Å². The summed E-state index contributed by atoms with van der Waals surface area (Å²) in [4.78, 5) is 11.6. The zero-order valence-corrected chi connectivity index (χ0v) is 11.1. The quantitative estimate of drug-likeness (QED) is 0.885. The number of anilines is 1. The van der Waals surface area contributed by atoms with Gasteiger partial charge in [0.2, 0.25) is 5.91 Å². The number of carbonyl (C=O) groups is 1. The van der Waals surface area contributed by atoms with Crippen LogP contribution in [-0.2, 0) is 18.0 Å². The summed E-state index contributed by atoms with van der Waals surface area (Å²) in [5.41, 5.74) is -0.462. The number of nitrogens with zero attached hydrogens (tertiary/aromatic N) is 2. The van der Waals surface area contributed by atoms with Gasteiger partial charge >= 0.3 is 6.18 Å². The third-order valence-corrected chi connectivity index (χ3v) is 2.61. The van der Waals surface area contributed by atoms with Gasteiger partial charge in [0.05, 0.1) is 5.56 Å². The number of carbonyl (C=O) groups excluding carboxylic acids is 1. The molecule has 0 saturated carbocycles. The standard InChI is InChI=1S/C14H12F3N3O/c1-20-8-7-12(19-20)18-13(21)6-5-10-3-2-4-11(9-10)14(15,16)17/h2-9H,1H3,(H,18,19,21). The molecule has 1 N–H and O–H groups in total. The highest BCUT2D eigenvalue weighted by Crippen LogP contribution is 2.29. The molecule has 1 aromatic carbocycles. The second kappa shape index (κ2) is 5.82. The Kier molecular flexibility index (Phi) is 4.11. The fraction of sp³-hybridized carbons (Fsp3) is 0.143. The molecule has 21 heavy (non-hydrogen) atoms. The Bertz CT molecular complexity index is 674. The molecule has 0 aliphatic heterocycles. The number of aromatic nitrogens is 2. The minimum atomic E-state index is -4.40. The molecular weight excluding hydrogens is 283 g/mol. The predicted molar refractivity (Wildman–Crippen MR) is 72.3 cm³/mol. The Morgan fingerprint density at radius 2 is 2.10 bits per heavy atom. The van der Waals surface area contributed by atoms with Gasteiger partial charge in [-0.15, -0.1) is 0 Å². The smallest absolute Gasteiger partial charge is 0.306 e. The molecule has 2 aromatic rings. The van der Waals surface area contributed by atoms with Gasteiger partial charge in [0.1, 0.15) is 0 Å². The second-order valence-corrected chi connectivity index (χ2v) is 4.32. The largest absolute Gasteiger partial charge is 0.416 e. The Morgan fingerprint density at radius 1 is 1.33 bits per heavy atom. The normalized spacial score (nSPS) is 11.8. The summed E-state index contributed by atoms with van der Waals surface area (Å²) < 4.78 is 39.1. The van der Waals surface area contributed by atoms with Gasteiger partial charge < -0.3 is 5.32 Å². The van der Waals surface area contributed by atoms with Crippen LogP contribution in [0.4, 0.5) is 19.0 Å². The first-order chi connectivity index (χ1) is 9.84. The molecule has 0 aliphatic carbocycles. The maximum Gasteiger partial charge on any atom is 0.416 e. The SMILES string of the molecule is Cn1ccc(NC(=O)C=Cc2cccc(C(F)(F)F)c2)n1. The topological polar surface area (TPSA) is 46.9 Å². The molecule has 7 heteroatoms. The minimum absolute atomic E-state index is 0.293. The fourth-order valence-electron chi connectivity index (χ4n) is 1.64. The molecule has 0 spiro atoms. The number of amides is 1. The Balaban J connectivity index is 2.05. The van der Waals surface area contributed by atoms with E-state index in [0.29, 0.717) is 11.4 Å². The molecular formula is C14H12F3N3O. The lowest BCUT2D eigenvalue weighted by Crippen LogP contribution is -2.08. The summed E-state index contributed by atoms with van der Waals surface area (Å²) in [5, 5.41) is 6.45. The van der Waals surface area contributed by atoms with Crippen molar-refractivity contribution < 1.29 is 18.0 Å². The molecule has 0 atom stereocenters. The van der Waals surface area contributed by atoms with E-state index in [1.54, 1.807) is 19.3 Å². The van der Waals surface area contributed by atoms with Gasteiger partial charge in [-0.05, 0) is 23.8 Å². The molecule has 0 bridgehead atoms. The molecule has 4 nitrogen and oxygen atoms in total. The lowest BCUT2D eigenvalue weighted by molar-refractivity contribution is -0.137. The summed E-state index contributed by atoms with van der Waals surface area (Å²) in [5.74, 6) is -0.0951. The number of halogens is 3. The maximum atomic E-state index is 12.5. The van der Waals surface area contributed by atoms with Crippen LogP contribution in [0, 0.1) is 0 Å². The number of benzene rings is 1. The first-order valence-electron chi connectivity index (χ1n) is 6.00. The first-order valence-corrected chi connectivity index (χ1v) is 6.00. The van der Waals surface area contributed by atoms with E-state index in [0.717, 1.165) is 18.2 Å². The van der Waals surface area contributed by atoms with E-state index in [1.807, 2.05) is 0 Å². The number of aryl methyl sites for hydroxylation is 1. The van der Waals surface area contributed by atoms with Crippen LogP contribution in [-0.4, -0.2) is 15.7 Å². The van der Waals surface area contributed by atoms with Crippen LogP contribution in [0.5, 0.6) is 0 Å². The van der Waals surface area contributed by atoms with E-state index >= 15 is 0 Å². The van der Waals surface area contributed by atoms with Gasteiger partial charge in [0, 0.05) is 25.4 Å². The zero-order chi connectivity index (χ0) is 15.5. The van der Waals surface area contributed by atoms with Crippen molar-refractivity contribution in [1.82, 2.24) is 9.78 Å². The summed E-state index contributed by atoms with van der Waals surface area (Å²) in [6.45, 7) is 0. The highest BCUT2D eigenvalue weighted by molar-refractivity contribution is 6.01. The molecule has 0 radical (unpaired) electrons. The molecule has 0 aliphatic rings. The fourth-order valence-corrected chi connectivity index (χ4v) is 1.64. The molecule has 2 rings (SSSR count). The second-order valence-electron chi connectivity index (χ2n) is 4.32. The molecule has 1 heterocycles. The lowest BCUT2D eigenvalue weighted by Gasteiger charge is -2.06. The van der Waals surface area contributed by atoms with Crippen LogP contribution in [0.1, 0.15) is 11.1 Å². The van der Waals surface area contributed by atoms with Crippen molar-refractivity contribution in [3.63, 3.8) is 0 Å². The number of hydrogen-bond donors (Lipinski definition) is 1. The van der Waals surface area contributed by atoms with Gasteiger partial charge in [0.15, 0.2) is 5.82 Å². The van der Waals surface area contributed by atoms with E-state index in [9.17, 15) is 18.0 Å². The zero-order valence-electron chi connectivity index (χ0n) is 11.1. The van der Waals surface area contributed by atoms with Gasteiger partial charge in [0.25, 0.3) is 0 Å². The third kappa shape index (κ3) is 4.20. The van der Waals surface area contributed by atoms with Crippen LogP contribution in [0.15, 0.2) is 42.6 Å². The summed E-state index contributed by atoms with van der Waals surface area (Å²) in [7, 11) is 1.70. The van der Waals surface area contributed by atoms with Gasteiger partial charge in [-0.25, -0.2) is 0 Å². The number of hydrogen-bond acceptors (Lipinski definition) is 2. The summed E-state index contributed by atoms with van der Waals surface area (Å²) in [6, 6.07) is 6.34. The van der Waals surface area contributed by atoms with E-state index < -0.39 is 17.6 Å². The van der Waals surface area contributed by atoms with Crippen molar-refractivity contribution in [2.45, 2.75) is 6.18 Å². The summed E-state index contributed by atoms with van der Waals surface area (Å²) in [6.07, 6.45) is -0.274. The van der Waals surface area contributed by atoms with Crippen LogP contribution >= 0.6 is 0 Å². The van der Waals surface area contributed by atoms with Crippen molar-refractivity contribution in [1.29, 1.82) is 0 Å². The van der Waals surface area contributed by atoms with Crippen LogP contribution in [0.3, 0.4) is 0 Å². The number of rotatable bonds is 3. The molecule has 0 fully saturated rings. The summed E-state index contributed by atoms with van der Waals surface area (Å²) >= 11 is 0. The first kappa shape index (κ1) is 14.8. The van der Waals surface area contributed by atoms with Crippen LogP contribution < -0.4 is 5.32 Å². The molecule has 0 unspecified atom stereocenters. The number of alkyl halides is 3. The van der Waals surface area contributed by atoms with Gasteiger partial charge in [-0.2, -0.15) is 18.3 Å². The Hall–Kier alpha value is -2.57. The average molecular weight is 295 g/mol. The van der Waals surface area contributed by atoms with Crippen LogP contribution in [0.25, 0.3) is 6.08 Å². The monoisotopic (exact) mass is 295 g/mol. The van der Waals surface area contributed by atoms with Crippen molar-refractivity contribution in [2.24, 2.45) is 7.05 Å². The minimum Gasteiger partial charge on any atom is -0.306 e. The van der Waals surface area contributed by atoms with E-state index in [-0.39, 0.29) is 0 Å². The third-order valence-electron chi connectivity index (χ3n) is 2.61. The van der Waals surface area contributed by atoms with Crippen LogP contribution in [0.2, 0.25) is 0 Å². The average Bonchev–Trinajstić information content (AvgIpc) is 2.81. The van der Waals surface area contributed by atoms with Crippen molar-refractivity contribution in [2.75, 3.05) is 5.32 Å². The maximum absolute atomic E-state index is 12.5. The molecule has 1 amide bonds. The highest BCUT2D eigenvalue weighted by Gasteiger charge is 2.30. The van der Waals surface area contributed by atoms with E-state index in [4.69, 9.17) is 0 Å². The molecule has 110 valence electrons. The Labute approximate surface area is 118 Å². The molecule has 1 aromatic heterocycles. The highest BCUT2D eigenvalue weighted by atomic mass is 19.4. The lowest BCUT2D eigenvalue weighted by atomic mass is 10.1. The van der Waals surface area contributed by atoms with Crippen molar-refractivity contribution >= 4 is 17.8 Å². The number of nitrogens with one attached hydrogen (secondary N) is 1. The van der Waals surface area contributed by atoms with Gasteiger partial charge in [-0.1, -0.05) is 12.1 Å². The van der Waals surface area contributed by atoms with E-state index in [2.05, 4.69) is 10.4 Å². The predicted octanol–water partition coefficient (Wildman–Crippen LogP) is 3.09. The Morgan fingerprint density at radius 3 is 2.71 bits per heavy atom. The van der Waals surface area contributed by atoms with Crippen molar-refractivity contribution in [3.8, 4) is 0 Å². The molecule has 0 saturated heterocycles. The van der Waals surface area contributed by atoms with E-state index in [1.165, 1.54) is 22.9 Å². The van der Waals surface area contributed by atoms with Gasteiger partial charge in [-0.3, -0.25) is 9.48 Å².